The van der Waals surface area contributed by atoms with Crippen molar-refractivity contribution in [1.82, 2.24) is 14.8 Å². The lowest BCUT2D eigenvalue weighted by Crippen LogP contribution is -2.10. The van der Waals surface area contributed by atoms with Crippen molar-refractivity contribution < 1.29 is 19.0 Å². The molecule has 0 saturated heterocycles. The molecule has 0 radical (unpaired) electrons. The number of aromatic nitrogens is 3. The van der Waals surface area contributed by atoms with Crippen molar-refractivity contribution in [3.63, 3.8) is 0 Å². The summed E-state index contributed by atoms with van der Waals surface area (Å²) < 4.78 is 25.7. The van der Waals surface area contributed by atoms with Gasteiger partial charge in [0.05, 0.1) is 12.8 Å². The van der Waals surface area contributed by atoms with Crippen molar-refractivity contribution in [3.05, 3.63) is 66.5 Å². The summed E-state index contributed by atoms with van der Waals surface area (Å²) in [7, 11) is 1.39. The molecule has 7 heteroatoms. The van der Waals surface area contributed by atoms with Gasteiger partial charge in [-0.2, -0.15) is 5.10 Å². The van der Waals surface area contributed by atoms with Gasteiger partial charge >= 0.3 is 0 Å². The zero-order valence-electron chi connectivity index (χ0n) is 13.0. The Morgan fingerprint density at radius 3 is 2.62 bits per heavy atom. The summed E-state index contributed by atoms with van der Waals surface area (Å²) in [5, 5.41) is 14.2. The van der Waals surface area contributed by atoms with Crippen LogP contribution in [0.15, 0.2) is 55.1 Å². The molecule has 1 heterocycles. The number of ether oxygens (including phenoxy) is 2. The Labute approximate surface area is 138 Å². The molecule has 2 aromatic carbocycles. The maximum atomic E-state index is 13.7. The maximum Gasteiger partial charge on any atom is 0.165 e. The van der Waals surface area contributed by atoms with Crippen LogP contribution in [0, 0.1) is 5.82 Å². The second-order valence-corrected chi connectivity index (χ2v) is 5.05. The molecule has 0 aliphatic heterocycles. The van der Waals surface area contributed by atoms with Gasteiger partial charge < -0.3 is 14.6 Å². The Morgan fingerprint density at radius 2 is 2.00 bits per heavy atom. The molecule has 1 unspecified atom stereocenters. The first-order valence-electron chi connectivity index (χ1n) is 7.27. The van der Waals surface area contributed by atoms with Crippen molar-refractivity contribution in [3.8, 4) is 17.2 Å². The lowest BCUT2D eigenvalue weighted by molar-refractivity contribution is 0.108. The summed E-state index contributed by atoms with van der Waals surface area (Å²) in [6, 6.07) is 11.5. The van der Waals surface area contributed by atoms with Gasteiger partial charge in [-0.1, -0.05) is 6.07 Å². The minimum Gasteiger partial charge on any atom is -0.494 e. The van der Waals surface area contributed by atoms with Gasteiger partial charge in [0.25, 0.3) is 0 Å². The number of rotatable bonds is 6. The van der Waals surface area contributed by atoms with E-state index in [4.69, 9.17) is 9.47 Å². The largest absolute Gasteiger partial charge is 0.494 e. The van der Waals surface area contributed by atoms with Gasteiger partial charge in [0, 0.05) is 0 Å². The number of hydrogen-bond donors (Lipinski definition) is 1. The highest BCUT2D eigenvalue weighted by atomic mass is 19.1. The Kier molecular flexibility index (Phi) is 4.72. The zero-order chi connectivity index (χ0) is 16.9. The van der Waals surface area contributed by atoms with Gasteiger partial charge in [-0.05, 0) is 42.0 Å². The molecule has 3 aromatic rings. The van der Waals surface area contributed by atoms with Crippen molar-refractivity contribution in [2.24, 2.45) is 0 Å². The van der Waals surface area contributed by atoms with Crippen LogP contribution in [-0.4, -0.2) is 33.6 Å². The van der Waals surface area contributed by atoms with Gasteiger partial charge in [-0.15, -0.1) is 0 Å². The van der Waals surface area contributed by atoms with Crippen LogP contribution in [0.3, 0.4) is 0 Å². The fourth-order valence-corrected chi connectivity index (χ4v) is 2.20. The number of aliphatic hydroxyl groups excluding tert-OH is 1. The second kappa shape index (κ2) is 7.10. The molecule has 3 rings (SSSR count). The van der Waals surface area contributed by atoms with E-state index in [0.29, 0.717) is 11.3 Å². The van der Waals surface area contributed by atoms with Crippen LogP contribution in [0.2, 0.25) is 0 Å². The Hall–Kier alpha value is -2.93. The minimum atomic E-state index is -0.944. The van der Waals surface area contributed by atoms with E-state index in [-0.39, 0.29) is 12.4 Å². The standard InChI is InChI=1S/C17H16FN3O3/c1-23-17-7-2-12(8-15(17)18)16(22)9-24-14-5-3-13(4-6-14)21-11-19-10-20-21/h2-8,10-11,16,22H,9H2,1H3. The molecule has 0 saturated carbocycles. The predicted molar refractivity (Wildman–Crippen MR) is 84.8 cm³/mol. The van der Waals surface area contributed by atoms with E-state index in [1.807, 2.05) is 12.1 Å². The molecule has 0 amide bonds. The number of nitrogens with zero attached hydrogens (tertiary/aromatic N) is 3. The van der Waals surface area contributed by atoms with E-state index in [1.54, 1.807) is 29.2 Å². The third-order valence-electron chi connectivity index (χ3n) is 3.49. The number of methoxy groups -OCH3 is 1. The molecule has 0 spiro atoms. The van der Waals surface area contributed by atoms with Crippen LogP contribution in [-0.2, 0) is 0 Å². The molecule has 1 atom stereocenters. The van der Waals surface area contributed by atoms with Gasteiger partial charge in [0.15, 0.2) is 11.6 Å². The molecule has 1 N–H and O–H groups in total. The van der Waals surface area contributed by atoms with Crippen molar-refractivity contribution in [2.75, 3.05) is 13.7 Å². The smallest absolute Gasteiger partial charge is 0.165 e. The fraction of sp³-hybridized carbons (Fsp3) is 0.176. The Bertz CT molecular complexity index is 791. The number of hydrogen-bond acceptors (Lipinski definition) is 5. The van der Waals surface area contributed by atoms with Crippen molar-refractivity contribution in [2.45, 2.75) is 6.10 Å². The highest BCUT2D eigenvalue weighted by molar-refractivity contribution is 5.36. The van der Waals surface area contributed by atoms with Gasteiger partial charge in [0.1, 0.15) is 31.1 Å². The average Bonchev–Trinajstić information content (AvgIpc) is 3.14. The number of aliphatic hydroxyl groups is 1. The molecule has 1 aromatic heterocycles. The molecule has 0 fully saturated rings. The van der Waals surface area contributed by atoms with Crippen LogP contribution in [0.25, 0.3) is 5.69 Å². The third-order valence-corrected chi connectivity index (χ3v) is 3.49. The van der Waals surface area contributed by atoms with Gasteiger partial charge in [-0.3, -0.25) is 0 Å². The molecule has 0 aliphatic carbocycles. The summed E-state index contributed by atoms with van der Waals surface area (Å²) >= 11 is 0. The van der Waals surface area contributed by atoms with E-state index in [0.717, 1.165) is 5.69 Å². The number of halogens is 1. The highest BCUT2D eigenvalue weighted by Gasteiger charge is 2.12. The summed E-state index contributed by atoms with van der Waals surface area (Å²) in [5.41, 5.74) is 1.27. The lowest BCUT2D eigenvalue weighted by atomic mass is 10.1. The van der Waals surface area contributed by atoms with E-state index >= 15 is 0 Å². The molecular weight excluding hydrogens is 313 g/mol. The first-order chi connectivity index (χ1) is 11.7. The zero-order valence-corrected chi connectivity index (χ0v) is 13.0. The van der Waals surface area contributed by atoms with E-state index < -0.39 is 11.9 Å². The number of benzene rings is 2. The van der Waals surface area contributed by atoms with Crippen LogP contribution >= 0.6 is 0 Å². The average molecular weight is 329 g/mol. The SMILES string of the molecule is COc1ccc(C(O)COc2ccc(-n3cncn3)cc2)cc1F. The van der Waals surface area contributed by atoms with E-state index in [2.05, 4.69) is 10.1 Å². The molecular formula is C17H16FN3O3. The van der Waals surface area contributed by atoms with E-state index in [9.17, 15) is 9.50 Å². The van der Waals surface area contributed by atoms with Crippen LogP contribution < -0.4 is 9.47 Å². The summed E-state index contributed by atoms with van der Waals surface area (Å²) in [6.07, 6.45) is 2.10. The summed E-state index contributed by atoms with van der Waals surface area (Å²) in [6.45, 7) is 0.00837. The summed E-state index contributed by atoms with van der Waals surface area (Å²) in [4.78, 5) is 3.88. The van der Waals surface area contributed by atoms with Crippen LogP contribution in [0.4, 0.5) is 4.39 Å². The second-order valence-electron chi connectivity index (χ2n) is 5.05. The maximum absolute atomic E-state index is 13.7. The van der Waals surface area contributed by atoms with Crippen LogP contribution in [0.5, 0.6) is 11.5 Å². The minimum absolute atomic E-state index is 0.00837. The first kappa shape index (κ1) is 15.9. The topological polar surface area (TPSA) is 69.4 Å². The third kappa shape index (κ3) is 3.52. The molecule has 124 valence electrons. The Morgan fingerprint density at radius 1 is 1.21 bits per heavy atom. The highest BCUT2D eigenvalue weighted by Crippen LogP contribution is 2.23. The quantitative estimate of drug-likeness (QED) is 0.752. The molecule has 0 bridgehead atoms. The lowest BCUT2D eigenvalue weighted by Gasteiger charge is -2.14. The van der Waals surface area contributed by atoms with Gasteiger partial charge in [0.2, 0.25) is 0 Å². The monoisotopic (exact) mass is 329 g/mol. The molecule has 0 aliphatic rings. The fourth-order valence-electron chi connectivity index (χ4n) is 2.20. The van der Waals surface area contributed by atoms with Crippen molar-refractivity contribution >= 4 is 0 Å². The summed E-state index contributed by atoms with van der Waals surface area (Å²) in [5.74, 6) is 0.203. The Balaban J connectivity index is 1.61. The first-order valence-corrected chi connectivity index (χ1v) is 7.27. The predicted octanol–water partition coefficient (Wildman–Crippen LogP) is 2.53. The van der Waals surface area contributed by atoms with Crippen molar-refractivity contribution in [1.29, 1.82) is 0 Å². The van der Waals surface area contributed by atoms with E-state index in [1.165, 1.54) is 25.6 Å². The molecule has 24 heavy (non-hydrogen) atoms. The van der Waals surface area contributed by atoms with Gasteiger partial charge in [-0.25, -0.2) is 14.1 Å². The van der Waals surface area contributed by atoms with Crippen LogP contribution in [0.1, 0.15) is 11.7 Å². The molecule has 6 nitrogen and oxygen atoms in total. The normalized spacial score (nSPS) is 12.0.